The molecule has 0 unspecified atom stereocenters. The summed E-state index contributed by atoms with van der Waals surface area (Å²) in [5.41, 5.74) is 12.5. The van der Waals surface area contributed by atoms with E-state index in [2.05, 4.69) is 75.9 Å². The Morgan fingerprint density at radius 2 is 1.02 bits per heavy atom. The number of rotatable bonds is 4. The zero-order chi connectivity index (χ0) is 33.7. The number of halogens is 3. The van der Waals surface area contributed by atoms with Crippen molar-refractivity contribution in [2.75, 3.05) is 19.6 Å². The van der Waals surface area contributed by atoms with Crippen LogP contribution in [0.3, 0.4) is 0 Å². The molecule has 0 radical (unpaired) electrons. The van der Waals surface area contributed by atoms with Gasteiger partial charge in [-0.3, -0.25) is 0 Å². The van der Waals surface area contributed by atoms with Gasteiger partial charge in [-0.15, -0.1) is 42.9 Å². The quantitative estimate of drug-likeness (QED) is 0.192. The van der Waals surface area contributed by atoms with Crippen LogP contribution in [0.15, 0.2) is 60.9 Å². The molecule has 0 aromatic heterocycles. The molecule has 4 aromatic carbocycles. The Hall–Kier alpha value is -4.21. The van der Waals surface area contributed by atoms with Gasteiger partial charge in [0.15, 0.2) is 0 Å². The molecule has 0 fully saturated rings. The number of anilines is 6. The summed E-state index contributed by atoms with van der Waals surface area (Å²) in [6.07, 6.45) is -0.900. The van der Waals surface area contributed by atoms with E-state index >= 15 is 0 Å². The van der Waals surface area contributed by atoms with Crippen LogP contribution >= 0.6 is 0 Å². The van der Waals surface area contributed by atoms with Crippen molar-refractivity contribution in [2.45, 2.75) is 61.6 Å². The summed E-state index contributed by atoms with van der Waals surface area (Å²) in [6.45, 7) is 24.9. The van der Waals surface area contributed by atoms with Crippen molar-refractivity contribution in [1.29, 1.82) is 5.26 Å². The van der Waals surface area contributed by atoms with Gasteiger partial charge in [0.25, 0.3) is 0 Å². The van der Waals surface area contributed by atoms with E-state index in [1.165, 1.54) is 6.07 Å². The Morgan fingerprint density at radius 1 is 0.574 bits per heavy atom. The van der Waals surface area contributed by atoms with Crippen LogP contribution in [-0.2, 0) is 27.2 Å². The molecule has 6 rings (SSSR count). The molecule has 0 atom stereocenters. The second-order valence-electron chi connectivity index (χ2n) is 12.1. The van der Waals surface area contributed by atoms with E-state index in [9.17, 15) is 13.2 Å². The Kier molecular flexibility index (Phi) is 10.2. The van der Waals surface area contributed by atoms with Crippen LogP contribution in [0.1, 0.15) is 50.1 Å². The Morgan fingerprint density at radius 3 is 1.53 bits per heavy atom. The van der Waals surface area contributed by atoms with E-state index in [1.807, 2.05) is 49.5 Å². The number of alkyl halides is 3. The number of benzene rings is 4. The Bertz CT molecular complexity index is 1830. The second kappa shape index (κ2) is 13.5. The molecule has 2 aliphatic rings. The summed E-state index contributed by atoms with van der Waals surface area (Å²) >= 11 is 0. The van der Waals surface area contributed by atoms with Crippen LogP contribution in [0, 0.1) is 86.6 Å². The van der Waals surface area contributed by atoms with Crippen LogP contribution in [0.4, 0.5) is 47.3 Å². The third-order valence-electron chi connectivity index (χ3n) is 8.45. The Balaban J connectivity index is 0.00000164. The van der Waals surface area contributed by atoms with Crippen LogP contribution in [-0.4, -0.2) is 0 Å². The third-order valence-corrected chi connectivity index (χ3v) is 8.45. The molecule has 0 saturated carbocycles. The molecule has 0 N–H and O–H groups in total. The topological polar surface area (TPSA) is 36.8 Å². The van der Waals surface area contributed by atoms with Crippen molar-refractivity contribution in [3.05, 3.63) is 137 Å². The SMILES string of the molecule is Cc1cc(C)c(N2C=CN(c3[c-]c(N4[CH-]N(c5c(C)cc(C)cc5C)c5cc(C)c(C)cc54)cc(C(F)(F)F)c3)[CH-]2)c(C)c1.[C-]#N.[Pt+4]. The largest absolute Gasteiger partial charge is 4.00 e. The van der Waals surface area contributed by atoms with Crippen molar-refractivity contribution in [3.8, 4) is 0 Å². The maximum Gasteiger partial charge on any atom is 4.00 e. The molecule has 0 aliphatic carbocycles. The summed E-state index contributed by atoms with van der Waals surface area (Å²) in [4.78, 5) is 7.56. The number of hydrogen-bond acceptors (Lipinski definition) is 5. The van der Waals surface area contributed by atoms with Crippen molar-refractivity contribution < 1.29 is 34.2 Å². The predicted octanol–water partition coefficient (Wildman–Crippen LogP) is 10.4. The first-order valence-electron chi connectivity index (χ1n) is 14.9. The third kappa shape index (κ3) is 6.78. The molecular formula is C38H36F3N5Pt. The molecule has 9 heteroatoms. The minimum Gasteiger partial charge on any atom is -0.512 e. The zero-order valence-electron chi connectivity index (χ0n) is 27.6. The molecule has 0 spiro atoms. The number of fused-ring (bicyclic) bond motifs is 1. The van der Waals surface area contributed by atoms with Crippen molar-refractivity contribution in [2.24, 2.45) is 0 Å². The fourth-order valence-electron chi connectivity index (χ4n) is 6.52. The van der Waals surface area contributed by atoms with Crippen LogP contribution < -0.4 is 19.6 Å². The molecule has 0 bridgehead atoms. The van der Waals surface area contributed by atoms with Gasteiger partial charge in [-0.05, 0) is 113 Å². The minimum absolute atomic E-state index is 0. The van der Waals surface area contributed by atoms with E-state index in [4.69, 9.17) is 11.8 Å². The maximum absolute atomic E-state index is 14.4. The van der Waals surface area contributed by atoms with E-state index in [0.29, 0.717) is 11.4 Å². The van der Waals surface area contributed by atoms with Gasteiger partial charge < -0.3 is 31.4 Å². The van der Waals surface area contributed by atoms with Gasteiger partial charge in [0.1, 0.15) is 0 Å². The smallest absolute Gasteiger partial charge is 0.512 e. The molecule has 47 heavy (non-hydrogen) atoms. The minimum atomic E-state index is -4.54. The molecule has 5 nitrogen and oxygen atoms in total. The van der Waals surface area contributed by atoms with E-state index in [-0.39, 0.29) is 21.1 Å². The van der Waals surface area contributed by atoms with Crippen molar-refractivity contribution >= 4 is 34.1 Å². The van der Waals surface area contributed by atoms with Crippen molar-refractivity contribution in [3.63, 3.8) is 0 Å². The first kappa shape index (κ1) is 35.6. The summed E-state index contributed by atoms with van der Waals surface area (Å²) < 4.78 is 43.2. The molecule has 2 aliphatic heterocycles. The molecule has 4 aromatic rings. The number of nitrogens with zero attached hydrogens (tertiary/aromatic N) is 5. The average Bonchev–Trinajstić information content (AvgIpc) is 3.58. The van der Waals surface area contributed by atoms with Gasteiger partial charge in [-0.2, -0.15) is 13.2 Å². The van der Waals surface area contributed by atoms with Gasteiger partial charge in [0, 0.05) is 22.7 Å². The van der Waals surface area contributed by atoms with E-state index in [0.717, 1.165) is 73.3 Å². The van der Waals surface area contributed by atoms with E-state index < -0.39 is 11.7 Å². The molecule has 244 valence electrons. The summed E-state index contributed by atoms with van der Waals surface area (Å²) in [5.74, 6) is 0. The van der Waals surface area contributed by atoms with Crippen LogP contribution in [0.2, 0.25) is 0 Å². The van der Waals surface area contributed by atoms with Crippen molar-refractivity contribution in [1.82, 2.24) is 0 Å². The monoisotopic (exact) mass is 814 g/mol. The second-order valence-corrected chi connectivity index (χ2v) is 12.1. The first-order chi connectivity index (χ1) is 21.7. The van der Waals surface area contributed by atoms with Gasteiger partial charge >= 0.3 is 27.2 Å². The first-order valence-corrected chi connectivity index (χ1v) is 14.9. The van der Waals surface area contributed by atoms with E-state index in [1.54, 1.807) is 17.8 Å². The summed E-state index contributed by atoms with van der Waals surface area (Å²) in [5, 5.41) is 6.25. The normalized spacial score (nSPS) is 13.8. The van der Waals surface area contributed by atoms with Gasteiger partial charge in [-0.25, -0.2) is 0 Å². The summed E-state index contributed by atoms with van der Waals surface area (Å²) in [6, 6.07) is 18.3. The van der Waals surface area contributed by atoms with Gasteiger partial charge in [0.2, 0.25) is 0 Å². The van der Waals surface area contributed by atoms with Crippen LogP contribution in [0.5, 0.6) is 0 Å². The molecule has 0 amide bonds. The summed E-state index contributed by atoms with van der Waals surface area (Å²) in [7, 11) is 0. The predicted molar refractivity (Wildman–Crippen MR) is 179 cm³/mol. The van der Waals surface area contributed by atoms with Crippen LogP contribution in [0.25, 0.3) is 0 Å². The average molecular weight is 815 g/mol. The zero-order valence-corrected chi connectivity index (χ0v) is 29.9. The number of aryl methyl sites for hydroxylation is 8. The maximum atomic E-state index is 14.4. The fraction of sp³-hybridized carbons (Fsp3) is 0.237. The van der Waals surface area contributed by atoms with Gasteiger partial charge in [0.05, 0.1) is 0 Å². The fourth-order valence-corrected chi connectivity index (χ4v) is 6.52. The number of hydrogen-bond donors (Lipinski definition) is 0. The Labute approximate surface area is 290 Å². The molecule has 2 heterocycles. The standard InChI is InChI=1S/C37H36F3N4.CN.Pt/c1-22-11-26(5)35(27(6)12-22)42-10-9-41(20-42)31-17-30(37(38,39)40)18-32(19-31)43-21-44(34-16-25(4)24(3)15-33(34)43)36-28(7)13-23(2)14-29(36)8;1-2;/h9-18,20-21H,1-8H3;;/q-3;-1;+4. The molecular weight excluding hydrogens is 779 g/mol. The van der Waals surface area contributed by atoms with Gasteiger partial charge in [-0.1, -0.05) is 41.0 Å². The molecule has 0 saturated heterocycles.